The molecular formula is C11H6BrCl2FOS. The fraction of sp³-hybridized carbons (Fsp3) is 0.0909. The lowest BCUT2D eigenvalue weighted by Gasteiger charge is -2.10. The summed E-state index contributed by atoms with van der Waals surface area (Å²) in [4.78, 5) is 0. The van der Waals surface area contributed by atoms with Gasteiger partial charge >= 0.3 is 0 Å². The summed E-state index contributed by atoms with van der Waals surface area (Å²) in [7, 11) is 0. The molecule has 1 aromatic carbocycles. The van der Waals surface area contributed by atoms with Crippen LogP contribution >= 0.6 is 50.5 Å². The molecule has 1 N–H and O–H groups in total. The van der Waals surface area contributed by atoms with Crippen LogP contribution in [0.5, 0.6) is 0 Å². The van der Waals surface area contributed by atoms with Crippen LogP contribution in [-0.2, 0) is 0 Å². The van der Waals surface area contributed by atoms with Crippen molar-refractivity contribution in [2.24, 2.45) is 0 Å². The van der Waals surface area contributed by atoms with Crippen molar-refractivity contribution in [1.29, 1.82) is 0 Å². The van der Waals surface area contributed by atoms with Gasteiger partial charge < -0.3 is 5.11 Å². The second-order valence-corrected chi connectivity index (χ2v) is 6.59. The maximum absolute atomic E-state index is 13.2. The topological polar surface area (TPSA) is 20.2 Å². The number of halogens is 4. The Hall–Kier alpha value is -0.130. The van der Waals surface area contributed by atoms with E-state index in [0.29, 0.717) is 24.3 Å². The highest BCUT2D eigenvalue weighted by Crippen LogP contribution is 2.37. The Labute approximate surface area is 120 Å². The van der Waals surface area contributed by atoms with Gasteiger partial charge in [0, 0.05) is 10.0 Å². The van der Waals surface area contributed by atoms with Crippen LogP contribution < -0.4 is 0 Å². The Morgan fingerprint density at radius 1 is 1.24 bits per heavy atom. The number of hydrogen-bond acceptors (Lipinski definition) is 2. The van der Waals surface area contributed by atoms with E-state index in [0.717, 1.165) is 0 Å². The molecule has 0 aliphatic carbocycles. The molecule has 0 saturated carbocycles. The minimum Gasteiger partial charge on any atom is -0.384 e. The average molecular weight is 356 g/mol. The fourth-order valence-electron chi connectivity index (χ4n) is 1.45. The predicted molar refractivity (Wildman–Crippen MR) is 72.5 cm³/mol. The Kier molecular flexibility index (Phi) is 4.10. The number of benzene rings is 1. The van der Waals surface area contributed by atoms with Crippen molar-refractivity contribution in [1.82, 2.24) is 0 Å². The van der Waals surface area contributed by atoms with Gasteiger partial charge in [0.25, 0.3) is 0 Å². The van der Waals surface area contributed by atoms with Crippen LogP contribution in [-0.4, -0.2) is 5.11 Å². The zero-order chi connectivity index (χ0) is 12.6. The second kappa shape index (κ2) is 5.24. The summed E-state index contributed by atoms with van der Waals surface area (Å²) in [6.45, 7) is 0. The Morgan fingerprint density at radius 2 is 1.94 bits per heavy atom. The zero-order valence-corrected chi connectivity index (χ0v) is 12.2. The molecule has 0 fully saturated rings. The maximum Gasteiger partial charge on any atom is 0.124 e. The van der Waals surface area contributed by atoms with E-state index in [4.69, 9.17) is 23.2 Å². The summed E-state index contributed by atoms with van der Waals surface area (Å²) in [6, 6.07) is 5.80. The van der Waals surface area contributed by atoms with Crippen LogP contribution in [0.25, 0.3) is 0 Å². The summed E-state index contributed by atoms with van der Waals surface area (Å²) < 4.78 is 14.7. The summed E-state index contributed by atoms with van der Waals surface area (Å²) in [5, 5.41) is 10.1. The Bertz CT molecular complexity index is 538. The number of thiophene rings is 1. The molecule has 0 spiro atoms. The molecule has 2 aromatic rings. The van der Waals surface area contributed by atoms with Crippen LogP contribution in [0, 0.1) is 5.82 Å². The Morgan fingerprint density at radius 3 is 2.47 bits per heavy atom. The smallest absolute Gasteiger partial charge is 0.124 e. The van der Waals surface area contributed by atoms with Crippen molar-refractivity contribution >= 4 is 50.5 Å². The third-order valence-corrected chi connectivity index (χ3v) is 4.15. The van der Waals surface area contributed by atoms with E-state index in [9.17, 15) is 9.50 Å². The van der Waals surface area contributed by atoms with Crippen LogP contribution in [0.15, 0.2) is 28.7 Å². The molecule has 1 heterocycles. The van der Waals surface area contributed by atoms with E-state index in [1.807, 2.05) is 0 Å². The van der Waals surface area contributed by atoms with Crippen molar-refractivity contribution < 1.29 is 9.50 Å². The van der Waals surface area contributed by atoms with Gasteiger partial charge in [-0.15, -0.1) is 11.3 Å². The molecule has 90 valence electrons. The van der Waals surface area contributed by atoms with Crippen LogP contribution in [0.2, 0.25) is 8.67 Å². The van der Waals surface area contributed by atoms with Crippen molar-refractivity contribution in [2.45, 2.75) is 6.10 Å². The highest BCUT2D eigenvalue weighted by atomic mass is 79.9. The van der Waals surface area contributed by atoms with Crippen LogP contribution in [0.1, 0.15) is 17.2 Å². The summed E-state index contributed by atoms with van der Waals surface area (Å²) >= 11 is 16.1. The van der Waals surface area contributed by atoms with E-state index in [1.54, 1.807) is 12.1 Å². The van der Waals surface area contributed by atoms with Gasteiger partial charge in [0.2, 0.25) is 0 Å². The molecule has 1 unspecified atom stereocenters. The molecule has 1 atom stereocenters. The van der Waals surface area contributed by atoms with Gasteiger partial charge in [0.05, 0.1) is 4.34 Å². The predicted octanol–water partition coefficient (Wildman–Crippen LogP) is 5.04. The minimum atomic E-state index is -0.988. The van der Waals surface area contributed by atoms with Gasteiger partial charge in [-0.1, -0.05) is 39.1 Å². The second-order valence-electron chi connectivity index (χ2n) is 3.38. The first-order valence-electron chi connectivity index (χ1n) is 4.56. The first kappa shape index (κ1) is 13.3. The fourth-order valence-corrected chi connectivity index (χ4v) is 3.46. The molecule has 0 saturated heterocycles. The van der Waals surface area contributed by atoms with Crippen molar-refractivity contribution in [3.05, 3.63) is 54.4 Å². The average Bonchev–Trinajstić information content (AvgIpc) is 2.55. The number of rotatable bonds is 2. The number of hydrogen-bond donors (Lipinski definition) is 1. The third kappa shape index (κ3) is 3.01. The molecule has 2 rings (SSSR count). The molecule has 0 radical (unpaired) electrons. The minimum absolute atomic E-state index is 0.405. The zero-order valence-electron chi connectivity index (χ0n) is 8.25. The summed E-state index contributed by atoms with van der Waals surface area (Å²) in [5.74, 6) is -0.425. The van der Waals surface area contributed by atoms with Crippen LogP contribution in [0.3, 0.4) is 0 Å². The normalized spacial score (nSPS) is 12.8. The van der Waals surface area contributed by atoms with Gasteiger partial charge in [-0.25, -0.2) is 4.39 Å². The highest BCUT2D eigenvalue weighted by molar-refractivity contribution is 9.10. The van der Waals surface area contributed by atoms with Gasteiger partial charge in [0.15, 0.2) is 0 Å². The van der Waals surface area contributed by atoms with E-state index < -0.39 is 11.9 Å². The van der Waals surface area contributed by atoms with E-state index in [2.05, 4.69) is 15.9 Å². The molecule has 0 aliphatic rings. The van der Waals surface area contributed by atoms with E-state index >= 15 is 0 Å². The van der Waals surface area contributed by atoms with Gasteiger partial charge in [-0.2, -0.15) is 0 Å². The lowest BCUT2D eigenvalue weighted by atomic mass is 10.0. The first-order chi connectivity index (χ1) is 7.97. The van der Waals surface area contributed by atoms with Crippen molar-refractivity contribution in [3.8, 4) is 0 Å². The summed E-state index contributed by atoms with van der Waals surface area (Å²) in [6.07, 6.45) is -0.988. The van der Waals surface area contributed by atoms with Gasteiger partial charge in [0.1, 0.15) is 16.3 Å². The number of aliphatic hydroxyl groups excluding tert-OH is 1. The first-order valence-corrected chi connectivity index (χ1v) is 6.92. The lowest BCUT2D eigenvalue weighted by molar-refractivity contribution is 0.220. The van der Waals surface area contributed by atoms with Crippen molar-refractivity contribution in [3.63, 3.8) is 0 Å². The largest absolute Gasteiger partial charge is 0.384 e. The quantitative estimate of drug-likeness (QED) is 0.800. The van der Waals surface area contributed by atoms with E-state index in [1.165, 1.54) is 23.5 Å². The maximum atomic E-state index is 13.2. The molecule has 17 heavy (non-hydrogen) atoms. The highest BCUT2D eigenvalue weighted by Gasteiger charge is 2.18. The molecule has 0 bridgehead atoms. The molecule has 0 aliphatic heterocycles. The van der Waals surface area contributed by atoms with E-state index in [-0.39, 0.29) is 0 Å². The van der Waals surface area contributed by atoms with Gasteiger partial charge in [-0.3, -0.25) is 0 Å². The van der Waals surface area contributed by atoms with Crippen molar-refractivity contribution in [2.75, 3.05) is 0 Å². The monoisotopic (exact) mass is 354 g/mol. The molecule has 6 heteroatoms. The third-order valence-electron chi connectivity index (χ3n) is 2.18. The lowest BCUT2D eigenvalue weighted by Crippen LogP contribution is -1.99. The molecule has 1 aromatic heterocycles. The standard InChI is InChI=1S/C11H6BrCl2FOS/c12-6-1-5(2-7(15)3-6)10(16)8-4-9(13)17-11(8)14/h1-4,10,16H. The molecule has 0 amide bonds. The summed E-state index contributed by atoms with van der Waals surface area (Å²) in [5.41, 5.74) is 0.910. The Balaban J connectivity index is 2.43. The molecular weight excluding hydrogens is 350 g/mol. The van der Waals surface area contributed by atoms with Crippen LogP contribution in [0.4, 0.5) is 4.39 Å². The molecule has 1 nitrogen and oxygen atoms in total. The van der Waals surface area contributed by atoms with Gasteiger partial charge in [-0.05, 0) is 29.8 Å². The number of aliphatic hydroxyl groups is 1. The SMILES string of the molecule is OC(c1cc(F)cc(Br)c1)c1cc(Cl)sc1Cl.